The van der Waals surface area contributed by atoms with Crippen LogP contribution >= 0.6 is 0 Å². The molecule has 20 heavy (non-hydrogen) atoms. The Kier molecular flexibility index (Phi) is 6.13. The van der Waals surface area contributed by atoms with Crippen LogP contribution in [0.5, 0.6) is 5.75 Å². The van der Waals surface area contributed by atoms with Gasteiger partial charge in [-0.1, -0.05) is 30.7 Å². The van der Waals surface area contributed by atoms with E-state index in [1.54, 1.807) is 12.7 Å². The number of aryl methyl sites for hydroxylation is 1. The number of hydrogen-bond donors (Lipinski definition) is 1. The van der Waals surface area contributed by atoms with Gasteiger partial charge in [-0.3, -0.25) is 0 Å². The normalized spacial score (nSPS) is 16.0. The van der Waals surface area contributed by atoms with Gasteiger partial charge < -0.3 is 10.1 Å². The highest BCUT2D eigenvalue weighted by atomic mass is 16.5. The maximum absolute atomic E-state index is 5.21. The van der Waals surface area contributed by atoms with Crippen molar-refractivity contribution in [2.45, 2.75) is 51.5 Å². The molecule has 0 aromatic heterocycles. The van der Waals surface area contributed by atoms with E-state index in [4.69, 9.17) is 4.74 Å². The molecule has 2 rings (SSSR count). The SMILES string of the molecule is CCCNC(CCc1ccc(OC)cc1)C1=CCCC1. The molecular formula is C18H27NO. The predicted molar refractivity (Wildman–Crippen MR) is 85.3 cm³/mol. The molecule has 0 amide bonds. The lowest BCUT2D eigenvalue weighted by Crippen LogP contribution is -2.31. The van der Waals surface area contributed by atoms with E-state index < -0.39 is 0 Å². The van der Waals surface area contributed by atoms with Crippen LogP contribution in [-0.2, 0) is 6.42 Å². The fourth-order valence-electron chi connectivity index (χ4n) is 2.85. The molecule has 110 valence electrons. The third-order valence-electron chi connectivity index (χ3n) is 4.05. The first-order valence-corrected chi connectivity index (χ1v) is 7.88. The van der Waals surface area contributed by atoms with Crippen LogP contribution in [0.2, 0.25) is 0 Å². The zero-order valence-electron chi connectivity index (χ0n) is 12.8. The molecule has 1 aliphatic rings. The Morgan fingerprint density at radius 3 is 2.65 bits per heavy atom. The van der Waals surface area contributed by atoms with Crippen LogP contribution in [0.4, 0.5) is 0 Å². The highest BCUT2D eigenvalue weighted by Gasteiger charge is 2.16. The second-order valence-corrected chi connectivity index (χ2v) is 5.56. The fourth-order valence-corrected chi connectivity index (χ4v) is 2.85. The van der Waals surface area contributed by atoms with Crippen molar-refractivity contribution in [2.24, 2.45) is 0 Å². The number of nitrogens with one attached hydrogen (secondary N) is 1. The summed E-state index contributed by atoms with van der Waals surface area (Å²) in [5, 5.41) is 3.71. The zero-order chi connectivity index (χ0) is 14.2. The molecule has 0 bridgehead atoms. The highest BCUT2D eigenvalue weighted by Crippen LogP contribution is 2.24. The second kappa shape index (κ2) is 8.11. The van der Waals surface area contributed by atoms with E-state index in [-0.39, 0.29) is 0 Å². The summed E-state index contributed by atoms with van der Waals surface area (Å²) in [6.07, 6.45) is 9.85. The Morgan fingerprint density at radius 2 is 2.05 bits per heavy atom. The average molecular weight is 273 g/mol. The van der Waals surface area contributed by atoms with Gasteiger partial charge in [0.1, 0.15) is 5.75 Å². The van der Waals surface area contributed by atoms with Crippen molar-refractivity contribution >= 4 is 0 Å². The van der Waals surface area contributed by atoms with E-state index in [2.05, 4.69) is 42.6 Å². The molecule has 1 N–H and O–H groups in total. The Bertz CT molecular complexity index is 422. The van der Waals surface area contributed by atoms with Crippen molar-refractivity contribution in [3.05, 3.63) is 41.5 Å². The van der Waals surface area contributed by atoms with Crippen LogP contribution in [0.1, 0.15) is 44.6 Å². The first-order valence-electron chi connectivity index (χ1n) is 7.88. The average Bonchev–Trinajstić information content (AvgIpc) is 3.02. The lowest BCUT2D eigenvalue weighted by atomic mass is 9.98. The summed E-state index contributed by atoms with van der Waals surface area (Å²) in [7, 11) is 1.71. The minimum absolute atomic E-state index is 0.569. The molecule has 0 saturated heterocycles. The van der Waals surface area contributed by atoms with Gasteiger partial charge in [0.05, 0.1) is 7.11 Å². The molecule has 0 heterocycles. The fraction of sp³-hybridized carbons (Fsp3) is 0.556. The minimum Gasteiger partial charge on any atom is -0.497 e. The maximum atomic E-state index is 5.21. The molecule has 2 nitrogen and oxygen atoms in total. The van der Waals surface area contributed by atoms with Crippen LogP contribution in [0.25, 0.3) is 0 Å². The summed E-state index contributed by atoms with van der Waals surface area (Å²) in [6.45, 7) is 3.35. The first kappa shape index (κ1) is 15.1. The predicted octanol–water partition coefficient (Wildman–Crippen LogP) is 4.11. The molecule has 1 atom stereocenters. The standard InChI is InChI=1S/C18H27NO/c1-3-14-19-18(16-6-4-5-7-16)13-10-15-8-11-17(20-2)12-9-15/h6,8-9,11-12,18-19H,3-5,7,10,13-14H2,1-2H3. The van der Waals surface area contributed by atoms with Crippen LogP contribution < -0.4 is 10.1 Å². The van der Waals surface area contributed by atoms with Crippen molar-refractivity contribution in [3.63, 3.8) is 0 Å². The van der Waals surface area contributed by atoms with Crippen molar-refractivity contribution in [1.29, 1.82) is 0 Å². The number of rotatable bonds is 8. The molecule has 1 aromatic carbocycles. The van der Waals surface area contributed by atoms with E-state index in [0.717, 1.165) is 18.7 Å². The quantitative estimate of drug-likeness (QED) is 0.720. The van der Waals surface area contributed by atoms with Gasteiger partial charge in [0.2, 0.25) is 0 Å². The van der Waals surface area contributed by atoms with Gasteiger partial charge in [0.25, 0.3) is 0 Å². The number of benzene rings is 1. The van der Waals surface area contributed by atoms with Crippen LogP contribution in [-0.4, -0.2) is 19.7 Å². The van der Waals surface area contributed by atoms with Gasteiger partial charge in [0.15, 0.2) is 0 Å². The zero-order valence-corrected chi connectivity index (χ0v) is 12.8. The Morgan fingerprint density at radius 1 is 1.25 bits per heavy atom. The van der Waals surface area contributed by atoms with Crippen molar-refractivity contribution < 1.29 is 4.74 Å². The summed E-state index contributed by atoms with van der Waals surface area (Å²) >= 11 is 0. The van der Waals surface area contributed by atoms with Gasteiger partial charge in [-0.25, -0.2) is 0 Å². The Balaban J connectivity index is 1.89. The van der Waals surface area contributed by atoms with Crippen LogP contribution in [0.15, 0.2) is 35.9 Å². The molecule has 0 spiro atoms. The van der Waals surface area contributed by atoms with Crippen LogP contribution in [0.3, 0.4) is 0 Å². The molecule has 2 heteroatoms. The smallest absolute Gasteiger partial charge is 0.118 e. The molecule has 1 aromatic rings. The van der Waals surface area contributed by atoms with Crippen molar-refractivity contribution in [1.82, 2.24) is 5.32 Å². The molecule has 0 radical (unpaired) electrons. The third kappa shape index (κ3) is 4.38. The Labute approximate surface area is 123 Å². The number of hydrogen-bond acceptors (Lipinski definition) is 2. The molecule has 0 fully saturated rings. The highest BCUT2D eigenvalue weighted by molar-refractivity contribution is 5.27. The van der Waals surface area contributed by atoms with E-state index in [1.807, 2.05) is 0 Å². The van der Waals surface area contributed by atoms with E-state index in [9.17, 15) is 0 Å². The third-order valence-corrected chi connectivity index (χ3v) is 4.05. The second-order valence-electron chi connectivity index (χ2n) is 5.56. The molecular weight excluding hydrogens is 246 g/mol. The summed E-state index contributed by atoms with van der Waals surface area (Å²) in [4.78, 5) is 0. The van der Waals surface area contributed by atoms with E-state index in [1.165, 1.54) is 37.7 Å². The van der Waals surface area contributed by atoms with Crippen LogP contribution in [0, 0.1) is 0 Å². The summed E-state index contributed by atoms with van der Waals surface area (Å²) < 4.78 is 5.21. The summed E-state index contributed by atoms with van der Waals surface area (Å²) in [6, 6.07) is 9.04. The van der Waals surface area contributed by atoms with Gasteiger partial charge >= 0.3 is 0 Å². The number of ether oxygens (including phenoxy) is 1. The summed E-state index contributed by atoms with van der Waals surface area (Å²) in [5.74, 6) is 0.938. The van der Waals surface area contributed by atoms with Crippen molar-refractivity contribution in [3.8, 4) is 5.75 Å². The largest absolute Gasteiger partial charge is 0.497 e. The molecule has 1 unspecified atom stereocenters. The molecule has 0 saturated carbocycles. The number of allylic oxidation sites excluding steroid dienone is 1. The number of methoxy groups -OCH3 is 1. The van der Waals surface area contributed by atoms with E-state index >= 15 is 0 Å². The lowest BCUT2D eigenvalue weighted by molar-refractivity contribution is 0.414. The monoisotopic (exact) mass is 273 g/mol. The topological polar surface area (TPSA) is 21.3 Å². The maximum Gasteiger partial charge on any atom is 0.118 e. The van der Waals surface area contributed by atoms with Gasteiger partial charge in [-0.2, -0.15) is 0 Å². The minimum atomic E-state index is 0.569. The van der Waals surface area contributed by atoms with Crippen molar-refractivity contribution in [2.75, 3.05) is 13.7 Å². The Hall–Kier alpha value is -1.28. The molecule has 0 aliphatic heterocycles. The van der Waals surface area contributed by atoms with E-state index in [0.29, 0.717) is 6.04 Å². The van der Waals surface area contributed by atoms with Gasteiger partial charge in [-0.05, 0) is 62.8 Å². The lowest BCUT2D eigenvalue weighted by Gasteiger charge is -2.20. The first-order chi connectivity index (χ1) is 9.83. The van der Waals surface area contributed by atoms with Gasteiger partial charge in [0, 0.05) is 6.04 Å². The summed E-state index contributed by atoms with van der Waals surface area (Å²) in [5.41, 5.74) is 3.03. The van der Waals surface area contributed by atoms with Gasteiger partial charge in [-0.15, -0.1) is 0 Å². The molecule has 1 aliphatic carbocycles.